The molecule has 0 fully saturated rings. The molecular formula is C10H12ClF2NO. The fraction of sp³-hybridized carbons (Fsp3) is 0.400. The lowest BCUT2D eigenvalue weighted by molar-refractivity contribution is 0.310. The molecule has 1 aromatic rings. The van der Waals surface area contributed by atoms with Crippen LogP contribution in [-0.4, -0.2) is 13.2 Å². The summed E-state index contributed by atoms with van der Waals surface area (Å²) in [5.41, 5.74) is 5.84. The van der Waals surface area contributed by atoms with Gasteiger partial charge in [-0.1, -0.05) is 11.6 Å². The molecule has 5 heteroatoms. The van der Waals surface area contributed by atoms with Crippen LogP contribution in [-0.2, 0) is 6.42 Å². The van der Waals surface area contributed by atoms with E-state index in [1.54, 1.807) is 6.92 Å². The Morgan fingerprint density at radius 2 is 2.07 bits per heavy atom. The maximum absolute atomic E-state index is 13.4. The van der Waals surface area contributed by atoms with Crippen molar-refractivity contribution in [1.29, 1.82) is 0 Å². The van der Waals surface area contributed by atoms with Crippen molar-refractivity contribution in [3.05, 3.63) is 28.3 Å². The van der Waals surface area contributed by atoms with Crippen molar-refractivity contribution in [2.45, 2.75) is 13.3 Å². The highest BCUT2D eigenvalue weighted by Gasteiger charge is 2.18. The predicted molar refractivity (Wildman–Crippen MR) is 55.3 cm³/mol. The van der Waals surface area contributed by atoms with Crippen LogP contribution in [0.1, 0.15) is 12.5 Å². The number of benzene rings is 1. The third kappa shape index (κ3) is 2.58. The Morgan fingerprint density at radius 1 is 1.40 bits per heavy atom. The van der Waals surface area contributed by atoms with Gasteiger partial charge in [-0.2, -0.15) is 4.39 Å². The van der Waals surface area contributed by atoms with E-state index in [1.165, 1.54) is 6.07 Å². The summed E-state index contributed by atoms with van der Waals surface area (Å²) in [5, 5.41) is -0.251. The normalized spacial score (nSPS) is 10.5. The number of rotatable bonds is 4. The smallest absolute Gasteiger partial charge is 0.202 e. The Bertz CT molecular complexity index is 358. The fourth-order valence-electron chi connectivity index (χ4n) is 1.27. The Kier molecular flexibility index (Phi) is 4.29. The number of hydrogen-bond donors (Lipinski definition) is 1. The highest BCUT2D eigenvalue weighted by molar-refractivity contribution is 6.30. The molecule has 0 spiro atoms. The Hall–Kier alpha value is -0.870. The number of ether oxygens (including phenoxy) is 1. The van der Waals surface area contributed by atoms with Gasteiger partial charge in [-0.3, -0.25) is 0 Å². The molecule has 2 nitrogen and oxygen atoms in total. The molecule has 15 heavy (non-hydrogen) atoms. The van der Waals surface area contributed by atoms with Gasteiger partial charge in [0.15, 0.2) is 11.6 Å². The molecule has 2 N–H and O–H groups in total. The number of hydrogen-bond acceptors (Lipinski definition) is 2. The van der Waals surface area contributed by atoms with Gasteiger partial charge in [0.2, 0.25) is 5.82 Å². The summed E-state index contributed by atoms with van der Waals surface area (Å²) in [4.78, 5) is 0. The van der Waals surface area contributed by atoms with Crippen molar-refractivity contribution >= 4 is 11.6 Å². The molecule has 0 unspecified atom stereocenters. The number of halogens is 3. The minimum atomic E-state index is -1.08. The first-order valence-corrected chi connectivity index (χ1v) is 4.98. The van der Waals surface area contributed by atoms with Gasteiger partial charge in [-0.25, -0.2) is 4.39 Å². The SMILES string of the molecule is CCOc1c(CCN)cc(Cl)c(F)c1F. The second kappa shape index (κ2) is 5.28. The molecule has 0 radical (unpaired) electrons. The molecule has 0 aliphatic carbocycles. The van der Waals surface area contributed by atoms with Crippen LogP contribution in [0, 0.1) is 11.6 Å². The number of nitrogens with two attached hydrogens (primary N) is 1. The van der Waals surface area contributed by atoms with Gasteiger partial charge in [0.05, 0.1) is 11.6 Å². The van der Waals surface area contributed by atoms with Crippen molar-refractivity contribution in [2.24, 2.45) is 5.73 Å². The van der Waals surface area contributed by atoms with Gasteiger partial charge in [0.25, 0.3) is 0 Å². The average Bonchev–Trinajstić information content (AvgIpc) is 2.21. The van der Waals surface area contributed by atoms with Gasteiger partial charge in [-0.05, 0) is 26.0 Å². The zero-order valence-electron chi connectivity index (χ0n) is 8.32. The van der Waals surface area contributed by atoms with E-state index in [4.69, 9.17) is 22.1 Å². The molecule has 0 aromatic heterocycles. The monoisotopic (exact) mass is 235 g/mol. The van der Waals surface area contributed by atoms with Gasteiger partial charge in [0.1, 0.15) is 0 Å². The van der Waals surface area contributed by atoms with Crippen molar-refractivity contribution in [3.8, 4) is 5.75 Å². The molecule has 0 saturated carbocycles. The molecule has 0 aliphatic rings. The molecule has 1 aromatic carbocycles. The average molecular weight is 236 g/mol. The van der Waals surface area contributed by atoms with E-state index in [-0.39, 0.29) is 17.4 Å². The molecule has 0 amide bonds. The van der Waals surface area contributed by atoms with Crippen LogP contribution in [0.3, 0.4) is 0 Å². The summed E-state index contributed by atoms with van der Waals surface area (Å²) in [5.74, 6) is -2.22. The lowest BCUT2D eigenvalue weighted by atomic mass is 10.1. The molecule has 0 heterocycles. The van der Waals surface area contributed by atoms with E-state index in [0.717, 1.165) is 0 Å². The molecule has 0 saturated heterocycles. The van der Waals surface area contributed by atoms with Crippen LogP contribution < -0.4 is 10.5 Å². The van der Waals surface area contributed by atoms with Crippen LogP contribution in [0.25, 0.3) is 0 Å². The quantitative estimate of drug-likeness (QED) is 0.814. The van der Waals surface area contributed by atoms with Crippen molar-refractivity contribution < 1.29 is 13.5 Å². The van der Waals surface area contributed by atoms with Gasteiger partial charge < -0.3 is 10.5 Å². The van der Waals surface area contributed by atoms with Gasteiger partial charge >= 0.3 is 0 Å². The Morgan fingerprint density at radius 3 is 2.60 bits per heavy atom. The maximum atomic E-state index is 13.4. The van der Waals surface area contributed by atoms with Crippen molar-refractivity contribution in [2.75, 3.05) is 13.2 Å². The zero-order valence-corrected chi connectivity index (χ0v) is 9.07. The molecule has 0 aliphatic heterocycles. The lowest BCUT2D eigenvalue weighted by Crippen LogP contribution is -2.08. The maximum Gasteiger partial charge on any atom is 0.202 e. The second-order valence-electron chi connectivity index (χ2n) is 2.95. The molecule has 0 atom stereocenters. The van der Waals surface area contributed by atoms with Crippen molar-refractivity contribution in [3.63, 3.8) is 0 Å². The fourth-order valence-corrected chi connectivity index (χ4v) is 1.48. The zero-order chi connectivity index (χ0) is 11.4. The largest absolute Gasteiger partial charge is 0.490 e. The first-order valence-electron chi connectivity index (χ1n) is 4.61. The van der Waals surface area contributed by atoms with E-state index >= 15 is 0 Å². The summed E-state index contributed by atoms with van der Waals surface area (Å²) >= 11 is 5.52. The highest BCUT2D eigenvalue weighted by atomic mass is 35.5. The predicted octanol–water partition coefficient (Wildman–Crippen LogP) is 2.52. The van der Waals surface area contributed by atoms with Crippen LogP contribution in [0.2, 0.25) is 5.02 Å². The summed E-state index contributed by atoms with van der Waals surface area (Å²) < 4.78 is 31.6. The topological polar surface area (TPSA) is 35.2 Å². The van der Waals surface area contributed by atoms with Crippen molar-refractivity contribution in [1.82, 2.24) is 0 Å². The van der Waals surface area contributed by atoms with Gasteiger partial charge in [0, 0.05) is 5.56 Å². The summed E-state index contributed by atoms with van der Waals surface area (Å²) in [7, 11) is 0. The summed E-state index contributed by atoms with van der Waals surface area (Å²) in [6.45, 7) is 2.27. The van der Waals surface area contributed by atoms with Crippen LogP contribution in [0.15, 0.2) is 6.07 Å². The standard InChI is InChI=1S/C10H12ClF2NO/c1-2-15-10-6(3-4-14)5-7(11)8(12)9(10)13/h5H,2-4,14H2,1H3. The van der Waals surface area contributed by atoms with Crippen LogP contribution in [0.4, 0.5) is 8.78 Å². The van der Waals surface area contributed by atoms with E-state index in [9.17, 15) is 8.78 Å². The summed E-state index contributed by atoms with van der Waals surface area (Å²) in [6, 6.07) is 1.35. The molecule has 1 rings (SSSR count). The lowest BCUT2D eigenvalue weighted by Gasteiger charge is -2.11. The van der Waals surface area contributed by atoms with Gasteiger partial charge in [-0.15, -0.1) is 0 Å². The van der Waals surface area contributed by atoms with Crippen LogP contribution in [0.5, 0.6) is 5.75 Å². The molecule has 0 bridgehead atoms. The first-order chi connectivity index (χ1) is 7.11. The van der Waals surface area contributed by atoms with E-state index in [0.29, 0.717) is 18.5 Å². The van der Waals surface area contributed by atoms with Crippen LogP contribution >= 0.6 is 11.6 Å². The Balaban J connectivity index is 3.23. The summed E-state index contributed by atoms with van der Waals surface area (Å²) in [6.07, 6.45) is 0.395. The minimum Gasteiger partial charge on any atom is -0.490 e. The molecular weight excluding hydrogens is 224 g/mol. The highest BCUT2D eigenvalue weighted by Crippen LogP contribution is 2.30. The van der Waals surface area contributed by atoms with E-state index < -0.39 is 11.6 Å². The third-order valence-electron chi connectivity index (χ3n) is 1.90. The van der Waals surface area contributed by atoms with E-state index in [1.807, 2.05) is 0 Å². The third-order valence-corrected chi connectivity index (χ3v) is 2.17. The first kappa shape index (κ1) is 12.2. The molecule has 84 valence electrons. The minimum absolute atomic E-state index is 0.0927. The van der Waals surface area contributed by atoms with E-state index in [2.05, 4.69) is 0 Å². The second-order valence-corrected chi connectivity index (χ2v) is 3.35. The Labute approximate surface area is 92.0 Å².